The van der Waals surface area contributed by atoms with Crippen molar-refractivity contribution in [2.45, 2.75) is 30.6 Å². The van der Waals surface area contributed by atoms with E-state index in [2.05, 4.69) is 16.5 Å². The summed E-state index contributed by atoms with van der Waals surface area (Å²) in [7, 11) is 1.63. The number of hydrogen-bond acceptors (Lipinski definition) is 5. The van der Waals surface area contributed by atoms with Gasteiger partial charge in [0, 0.05) is 24.2 Å². The maximum atomic E-state index is 11.2. The second-order valence-electron chi connectivity index (χ2n) is 7.18. The van der Waals surface area contributed by atoms with Crippen LogP contribution in [0.15, 0.2) is 43.1 Å². The topological polar surface area (TPSA) is 65.8 Å². The van der Waals surface area contributed by atoms with Gasteiger partial charge in [-0.3, -0.25) is 9.88 Å². The van der Waals surface area contributed by atoms with Crippen LogP contribution < -0.4 is 4.74 Å². The smallest absolute Gasteiger partial charge is 0.119 e. The van der Waals surface area contributed by atoms with E-state index in [1.54, 1.807) is 19.4 Å². The molecule has 5 rings (SSSR count). The van der Waals surface area contributed by atoms with Crippen LogP contribution in [-0.4, -0.2) is 51.9 Å². The standard InChI is InChI=1S/C20H24N2O3/c1-3-20(24)12-22-9-7-13(20)10-18(22)19(23)15-6-8-21-17-5-4-14(25-2)11-16(15)17/h3-6,8,11,13,18-19,23-24H,1,7,9-10,12H2,2H3. The molecule has 3 aliphatic rings. The number of rotatable bonds is 4. The molecular formula is C20H24N2O3. The van der Waals surface area contributed by atoms with Gasteiger partial charge in [-0.2, -0.15) is 0 Å². The van der Waals surface area contributed by atoms with Gasteiger partial charge in [-0.1, -0.05) is 6.08 Å². The van der Waals surface area contributed by atoms with Crippen molar-refractivity contribution in [2.75, 3.05) is 20.2 Å². The molecule has 132 valence electrons. The summed E-state index contributed by atoms with van der Waals surface area (Å²) in [6, 6.07) is 7.60. The highest BCUT2D eigenvalue weighted by Crippen LogP contribution is 2.44. The second-order valence-corrected chi connectivity index (χ2v) is 7.18. The SMILES string of the molecule is C=CC1(O)CN2CCC1CC2C(O)c1ccnc2ccc(OC)cc12. The Hall–Kier alpha value is -1.95. The number of aliphatic hydroxyl groups excluding tert-OH is 1. The van der Waals surface area contributed by atoms with E-state index in [-0.39, 0.29) is 12.0 Å². The second kappa shape index (κ2) is 6.09. The third-order valence-corrected chi connectivity index (χ3v) is 5.94. The predicted molar refractivity (Wildman–Crippen MR) is 96.5 cm³/mol. The van der Waals surface area contributed by atoms with Gasteiger partial charge in [0.2, 0.25) is 0 Å². The van der Waals surface area contributed by atoms with Gasteiger partial charge in [-0.25, -0.2) is 0 Å². The van der Waals surface area contributed by atoms with Crippen molar-refractivity contribution in [1.29, 1.82) is 0 Å². The molecular weight excluding hydrogens is 316 g/mol. The van der Waals surface area contributed by atoms with Crippen molar-refractivity contribution in [3.05, 3.63) is 48.7 Å². The van der Waals surface area contributed by atoms with Crippen LogP contribution in [0.25, 0.3) is 10.9 Å². The molecule has 2 aromatic rings. The average molecular weight is 340 g/mol. The molecule has 0 aliphatic carbocycles. The minimum Gasteiger partial charge on any atom is -0.497 e. The molecule has 0 radical (unpaired) electrons. The summed E-state index contributed by atoms with van der Waals surface area (Å²) < 4.78 is 5.33. The van der Waals surface area contributed by atoms with E-state index in [0.29, 0.717) is 6.54 Å². The highest BCUT2D eigenvalue weighted by atomic mass is 16.5. The van der Waals surface area contributed by atoms with Gasteiger partial charge in [0.25, 0.3) is 0 Å². The van der Waals surface area contributed by atoms with Crippen LogP contribution in [0.2, 0.25) is 0 Å². The molecule has 2 bridgehead atoms. The first-order valence-corrected chi connectivity index (χ1v) is 8.76. The van der Waals surface area contributed by atoms with Gasteiger partial charge in [0.1, 0.15) is 5.75 Å². The van der Waals surface area contributed by atoms with E-state index < -0.39 is 11.7 Å². The molecule has 0 spiro atoms. The molecule has 5 heteroatoms. The number of pyridine rings is 1. The van der Waals surface area contributed by atoms with E-state index in [0.717, 1.165) is 41.6 Å². The zero-order valence-corrected chi connectivity index (χ0v) is 14.4. The Morgan fingerprint density at radius 1 is 1.44 bits per heavy atom. The molecule has 1 aromatic carbocycles. The van der Waals surface area contributed by atoms with Crippen molar-refractivity contribution < 1.29 is 14.9 Å². The van der Waals surface area contributed by atoms with Gasteiger partial charge in [-0.05, 0) is 55.1 Å². The van der Waals surface area contributed by atoms with Crippen molar-refractivity contribution in [3.8, 4) is 5.75 Å². The van der Waals surface area contributed by atoms with Gasteiger partial charge in [0.15, 0.2) is 0 Å². The third-order valence-electron chi connectivity index (χ3n) is 5.94. The minimum atomic E-state index is -0.835. The predicted octanol–water partition coefficient (Wildman–Crippen LogP) is 2.29. The lowest BCUT2D eigenvalue weighted by Crippen LogP contribution is -2.63. The molecule has 4 heterocycles. The summed E-state index contributed by atoms with van der Waals surface area (Å²) in [5, 5.41) is 22.8. The number of hydrogen-bond donors (Lipinski definition) is 2. The van der Waals surface area contributed by atoms with Crippen LogP contribution in [0.3, 0.4) is 0 Å². The fraction of sp³-hybridized carbons (Fsp3) is 0.450. The number of nitrogens with zero attached hydrogens (tertiary/aromatic N) is 2. The molecule has 25 heavy (non-hydrogen) atoms. The Kier molecular flexibility index (Phi) is 4.02. The van der Waals surface area contributed by atoms with Crippen LogP contribution in [0.5, 0.6) is 5.75 Å². The molecule has 5 unspecified atom stereocenters. The molecule has 2 N–H and O–H groups in total. The quantitative estimate of drug-likeness (QED) is 0.836. The van der Waals surface area contributed by atoms with E-state index in [1.807, 2.05) is 24.3 Å². The van der Waals surface area contributed by atoms with E-state index in [4.69, 9.17) is 4.74 Å². The normalized spacial score (nSPS) is 32.5. The number of piperidine rings is 3. The fourth-order valence-electron chi connectivity index (χ4n) is 4.45. The first kappa shape index (κ1) is 16.5. The van der Waals surface area contributed by atoms with Crippen molar-refractivity contribution in [3.63, 3.8) is 0 Å². The molecule has 5 atom stereocenters. The van der Waals surface area contributed by atoms with Crippen LogP contribution in [0.1, 0.15) is 24.5 Å². The zero-order chi connectivity index (χ0) is 17.6. The Bertz CT molecular complexity index is 809. The minimum absolute atomic E-state index is 0.00391. The average Bonchev–Trinajstić information content (AvgIpc) is 2.66. The van der Waals surface area contributed by atoms with Crippen molar-refractivity contribution in [2.24, 2.45) is 5.92 Å². The number of benzene rings is 1. The Balaban J connectivity index is 1.69. The number of aliphatic hydroxyl groups is 2. The van der Waals surface area contributed by atoms with Gasteiger partial charge >= 0.3 is 0 Å². The summed E-state index contributed by atoms with van der Waals surface area (Å²) in [5.74, 6) is 0.901. The largest absolute Gasteiger partial charge is 0.497 e. The van der Waals surface area contributed by atoms with E-state index >= 15 is 0 Å². The zero-order valence-electron chi connectivity index (χ0n) is 14.4. The summed E-state index contributed by atoms with van der Waals surface area (Å²) in [6.07, 6.45) is 4.48. The number of methoxy groups -OCH3 is 1. The number of ether oxygens (including phenoxy) is 1. The summed E-state index contributed by atoms with van der Waals surface area (Å²) >= 11 is 0. The monoisotopic (exact) mass is 340 g/mol. The molecule has 3 fully saturated rings. The lowest BCUT2D eigenvalue weighted by molar-refractivity contribution is -0.127. The third kappa shape index (κ3) is 2.63. The number of fused-ring (bicyclic) bond motifs is 4. The van der Waals surface area contributed by atoms with Crippen LogP contribution >= 0.6 is 0 Å². The maximum Gasteiger partial charge on any atom is 0.119 e. The maximum absolute atomic E-state index is 11.2. The van der Waals surface area contributed by atoms with E-state index in [9.17, 15) is 10.2 Å². The van der Waals surface area contributed by atoms with Crippen molar-refractivity contribution >= 4 is 10.9 Å². The van der Waals surface area contributed by atoms with Gasteiger partial charge < -0.3 is 14.9 Å². The summed E-state index contributed by atoms with van der Waals surface area (Å²) in [4.78, 5) is 6.59. The van der Waals surface area contributed by atoms with Gasteiger partial charge in [0.05, 0.1) is 24.3 Å². The first-order chi connectivity index (χ1) is 12.1. The highest BCUT2D eigenvalue weighted by molar-refractivity contribution is 5.83. The lowest BCUT2D eigenvalue weighted by Gasteiger charge is -2.54. The molecule has 5 nitrogen and oxygen atoms in total. The van der Waals surface area contributed by atoms with E-state index in [1.165, 1.54) is 0 Å². The highest BCUT2D eigenvalue weighted by Gasteiger charge is 2.49. The van der Waals surface area contributed by atoms with Crippen molar-refractivity contribution in [1.82, 2.24) is 9.88 Å². The molecule has 0 saturated carbocycles. The summed E-state index contributed by atoms with van der Waals surface area (Å²) in [6.45, 7) is 5.24. The Morgan fingerprint density at radius 2 is 2.28 bits per heavy atom. The van der Waals surface area contributed by atoms with Gasteiger partial charge in [-0.15, -0.1) is 6.58 Å². The fourth-order valence-corrected chi connectivity index (χ4v) is 4.45. The molecule has 3 aliphatic heterocycles. The Labute approximate surface area is 147 Å². The van der Waals surface area contributed by atoms with Crippen LogP contribution in [0, 0.1) is 5.92 Å². The Morgan fingerprint density at radius 3 is 2.96 bits per heavy atom. The summed E-state index contributed by atoms with van der Waals surface area (Å²) in [5.41, 5.74) is 0.873. The number of aromatic nitrogens is 1. The molecule has 3 saturated heterocycles. The van der Waals surface area contributed by atoms with Crippen LogP contribution in [0.4, 0.5) is 0 Å². The first-order valence-electron chi connectivity index (χ1n) is 8.76. The molecule has 1 aromatic heterocycles. The molecule has 0 amide bonds. The van der Waals surface area contributed by atoms with Crippen LogP contribution in [-0.2, 0) is 0 Å². The lowest BCUT2D eigenvalue weighted by atomic mass is 9.71.